The Bertz CT molecular complexity index is 868. The molecule has 0 radical (unpaired) electrons. The second kappa shape index (κ2) is 7.86. The summed E-state index contributed by atoms with van der Waals surface area (Å²) in [5.74, 6) is 1.39. The van der Waals surface area contributed by atoms with Gasteiger partial charge in [0, 0.05) is 24.4 Å². The molecule has 0 aromatic heterocycles. The molecule has 2 amide bonds. The van der Waals surface area contributed by atoms with Crippen molar-refractivity contribution in [2.45, 2.75) is 19.9 Å². The molecule has 2 aromatic carbocycles. The van der Waals surface area contributed by atoms with E-state index in [4.69, 9.17) is 14.2 Å². The van der Waals surface area contributed by atoms with Gasteiger partial charge in [-0.2, -0.15) is 0 Å². The predicted molar refractivity (Wildman–Crippen MR) is 102 cm³/mol. The third-order valence-electron chi connectivity index (χ3n) is 3.93. The Morgan fingerprint density at radius 1 is 1.04 bits per heavy atom. The standard InChI is InChI=1S/C19H21N3O5/c1-11(19(24)22-14-5-7-17-18(9-14)27-10-26-17)20-15-8-13(21-12(2)23)4-6-16(15)25-3/h4-9,11,20H,10H2,1-3H3,(H,21,23)(H,22,24)/t11-/m1/s1. The van der Waals surface area contributed by atoms with Gasteiger partial charge in [0.2, 0.25) is 18.6 Å². The Hall–Kier alpha value is -3.42. The number of carbonyl (C=O) groups excluding carboxylic acids is 2. The van der Waals surface area contributed by atoms with Crippen molar-refractivity contribution in [1.82, 2.24) is 0 Å². The van der Waals surface area contributed by atoms with Crippen molar-refractivity contribution in [3.05, 3.63) is 36.4 Å². The zero-order chi connectivity index (χ0) is 19.4. The van der Waals surface area contributed by atoms with Crippen molar-refractivity contribution in [2.24, 2.45) is 0 Å². The van der Waals surface area contributed by atoms with E-state index in [2.05, 4.69) is 16.0 Å². The van der Waals surface area contributed by atoms with Crippen molar-refractivity contribution in [3.8, 4) is 17.2 Å². The van der Waals surface area contributed by atoms with E-state index in [-0.39, 0.29) is 18.6 Å². The second-order valence-electron chi connectivity index (χ2n) is 6.02. The first-order chi connectivity index (χ1) is 13.0. The molecular weight excluding hydrogens is 350 g/mol. The van der Waals surface area contributed by atoms with Crippen molar-refractivity contribution in [3.63, 3.8) is 0 Å². The molecule has 142 valence electrons. The van der Waals surface area contributed by atoms with Crippen LogP contribution in [0.25, 0.3) is 0 Å². The van der Waals surface area contributed by atoms with Gasteiger partial charge < -0.3 is 30.2 Å². The van der Waals surface area contributed by atoms with E-state index in [0.717, 1.165) is 0 Å². The van der Waals surface area contributed by atoms with Gasteiger partial charge >= 0.3 is 0 Å². The van der Waals surface area contributed by atoms with E-state index in [1.165, 1.54) is 14.0 Å². The molecule has 3 rings (SSSR count). The van der Waals surface area contributed by atoms with Crippen LogP contribution in [0, 0.1) is 0 Å². The molecule has 8 heteroatoms. The Morgan fingerprint density at radius 3 is 2.48 bits per heavy atom. The monoisotopic (exact) mass is 371 g/mol. The number of benzene rings is 2. The van der Waals surface area contributed by atoms with E-state index in [1.807, 2.05) is 0 Å². The van der Waals surface area contributed by atoms with Crippen LogP contribution in [0.5, 0.6) is 17.2 Å². The molecule has 1 heterocycles. The Labute approximate surface area is 156 Å². The fraction of sp³-hybridized carbons (Fsp3) is 0.263. The number of nitrogens with one attached hydrogen (secondary N) is 3. The van der Waals surface area contributed by atoms with Crippen LogP contribution in [0.1, 0.15) is 13.8 Å². The zero-order valence-corrected chi connectivity index (χ0v) is 15.3. The van der Waals surface area contributed by atoms with Crippen molar-refractivity contribution >= 4 is 28.9 Å². The highest BCUT2D eigenvalue weighted by molar-refractivity contribution is 5.97. The summed E-state index contributed by atoms with van der Waals surface area (Å²) in [6.45, 7) is 3.33. The Balaban J connectivity index is 1.69. The number of rotatable bonds is 6. The minimum Gasteiger partial charge on any atom is -0.495 e. The van der Waals surface area contributed by atoms with Gasteiger partial charge in [-0.05, 0) is 37.3 Å². The van der Waals surface area contributed by atoms with Gasteiger partial charge in [-0.25, -0.2) is 0 Å². The molecule has 1 aliphatic heterocycles. The quantitative estimate of drug-likeness (QED) is 0.722. The van der Waals surface area contributed by atoms with Gasteiger partial charge in [-0.15, -0.1) is 0 Å². The summed E-state index contributed by atoms with van der Waals surface area (Å²) >= 11 is 0. The number of anilines is 3. The third-order valence-corrected chi connectivity index (χ3v) is 3.93. The molecule has 0 aliphatic carbocycles. The molecule has 1 atom stereocenters. The molecule has 0 spiro atoms. The predicted octanol–water partition coefficient (Wildman–Crippen LogP) is 2.82. The summed E-state index contributed by atoms with van der Waals surface area (Å²) in [4.78, 5) is 23.8. The van der Waals surface area contributed by atoms with E-state index in [0.29, 0.717) is 34.3 Å². The molecule has 0 saturated heterocycles. The van der Waals surface area contributed by atoms with E-state index >= 15 is 0 Å². The van der Waals surface area contributed by atoms with Crippen molar-refractivity contribution in [1.29, 1.82) is 0 Å². The first-order valence-corrected chi connectivity index (χ1v) is 8.39. The maximum atomic E-state index is 12.5. The number of amides is 2. The fourth-order valence-corrected chi connectivity index (χ4v) is 2.63. The van der Waals surface area contributed by atoms with E-state index < -0.39 is 6.04 Å². The maximum absolute atomic E-state index is 12.5. The molecule has 0 bridgehead atoms. The highest BCUT2D eigenvalue weighted by atomic mass is 16.7. The third kappa shape index (κ3) is 4.41. The van der Waals surface area contributed by atoms with Crippen LogP contribution < -0.4 is 30.2 Å². The molecule has 1 aliphatic rings. The topological polar surface area (TPSA) is 97.9 Å². The van der Waals surface area contributed by atoms with Crippen LogP contribution >= 0.6 is 0 Å². The van der Waals surface area contributed by atoms with E-state index in [9.17, 15) is 9.59 Å². The lowest BCUT2D eigenvalue weighted by atomic mass is 10.2. The van der Waals surface area contributed by atoms with Gasteiger partial charge in [0.05, 0.1) is 12.8 Å². The lowest BCUT2D eigenvalue weighted by Crippen LogP contribution is -2.32. The number of methoxy groups -OCH3 is 1. The van der Waals surface area contributed by atoms with Gasteiger partial charge in [-0.1, -0.05) is 0 Å². The first kappa shape index (κ1) is 18.4. The van der Waals surface area contributed by atoms with Crippen LogP contribution in [0.3, 0.4) is 0 Å². The largest absolute Gasteiger partial charge is 0.495 e. The van der Waals surface area contributed by atoms with Crippen LogP contribution in [0.2, 0.25) is 0 Å². The van der Waals surface area contributed by atoms with Gasteiger partial charge in [-0.3, -0.25) is 9.59 Å². The Morgan fingerprint density at radius 2 is 1.74 bits per heavy atom. The maximum Gasteiger partial charge on any atom is 0.246 e. The fourth-order valence-electron chi connectivity index (χ4n) is 2.63. The molecule has 27 heavy (non-hydrogen) atoms. The normalized spacial score (nSPS) is 12.9. The summed E-state index contributed by atoms with van der Waals surface area (Å²) in [7, 11) is 1.54. The lowest BCUT2D eigenvalue weighted by Gasteiger charge is -2.18. The molecule has 0 fully saturated rings. The zero-order valence-electron chi connectivity index (χ0n) is 15.3. The number of hydrogen-bond donors (Lipinski definition) is 3. The average molecular weight is 371 g/mol. The minimum atomic E-state index is -0.558. The summed E-state index contributed by atoms with van der Waals surface area (Å²) in [6, 6.07) is 9.80. The molecule has 3 N–H and O–H groups in total. The molecule has 0 saturated carbocycles. The molecule has 0 unspecified atom stereocenters. The summed E-state index contributed by atoms with van der Waals surface area (Å²) in [5, 5.41) is 8.63. The van der Waals surface area contributed by atoms with Gasteiger partial charge in [0.25, 0.3) is 0 Å². The highest BCUT2D eigenvalue weighted by Gasteiger charge is 2.18. The highest BCUT2D eigenvalue weighted by Crippen LogP contribution is 2.34. The van der Waals surface area contributed by atoms with Gasteiger partial charge in [0.15, 0.2) is 11.5 Å². The smallest absolute Gasteiger partial charge is 0.246 e. The summed E-state index contributed by atoms with van der Waals surface area (Å²) in [5.41, 5.74) is 1.81. The average Bonchev–Trinajstić information content (AvgIpc) is 3.09. The summed E-state index contributed by atoms with van der Waals surface area (Å²) < 4.78 is 15.9. The van der Waals surface area contributed by atoms with E-state index in [1.54, 1.807) is 43.3 Å². The van der Waals surface area contributed by atoms with Crippen molar-refractivity contribution < 1.29 is 23.8 Å². The van der Waals surface area contributed by atoms with Crippen molar-refractivity contribution in [2.75, 3.05) is 29.9 Å². The summed E-state index contributed by atoms with van der Waals surface area (Å²) in [6.07, 6.45) is 0. The molecular formula is C19H21N3O5. The SMILES string of the molecule is COc1ccc(NC(C)=O)cc1N[C@H](C)C(=O)Nc1ccc2c(c1)OCO2. The van der Waals surface area contributed by atoms with Crippen LogP contribution in [-0.2, 0) is 9.59 Å². The second-order valence-corrected chi connectivity index (χ2v) is 6.02. The first-order valence-electron chi connectivity index (χ1n) is 8.39. The molecule has 2 aromatic rings. The lowest BCUT2D eigenvalue weighted by molar-refractivity contribution is -0.116. The van der Waals surface area contributed by atoms with Crippen LogP contribution in [0.15, 0.2) is 36.4 Å². The number of fused-ring (bicyclic) bond motifs is 1. The van der Waals surface area contributed by atoms with Gasteiger partial charge in [0.1, 0.15) is 11.8 Å². The van der Waals surface area contributed by atoms with Crippen LogP contribution in [-0.4, -0.2) is 31.8 Å². The number of hydrogen-bond acceptors (Lipinski definition) is 6. The Kier molecular flexibility index (Phi) is 5.35. The minimum absolute atomic E-state index is 0.176. The molecule has 8 nitrogen and oxygen atoms in total. The van der Waals surface area contributed by atoms with Crippen LogP contribution in [0.4, 0.5) is 17.1 Å². The number of ether oxygens (including phenoxy) is 3. The number of carbonyl (C=O) groups is 2.